The lowest BCUT2D eigenvalue weighted by atomic mass is 9.85. The minimum atomic E-state index is 0.00140. The third-order valence-electron chi connectivity index (χ3n) is 6.17. The van der Waals surface area contributed by atoms with Gasteiger partial charge in [0.1, 0.15) is 0 Å². The van der Waals surface area contributed by atoms with Gasteiger partial charge in [0.2, 0.25) is 0 Å². The molecule has 0 bridgehead atoms. The second kappa shape index (κ2) is 11.0. The number of rotatable bonds is 8. The van der Waals surface area contributed by atoms with E-state index in [-0.39, 0.29) is 5.92 Å². The van der Waals surface area contributed by atoms with Gasteiger partial charge in [-0.25, -0.2) is 0 Å². The molecule has 1 unspecified atom stereocenters. The van der Waals surface area contributed by atoms with Crippen LogP contribution in [0.25, 0.3) is 22.0 Å². The highest BCUT2D eigenvalue weighted by Crippen LogP contribution is 2.37. The Morgan fingerprint density at radius 1 is 0.833 bits per heavy atom. The molecule has 0 saturated heterocycles. The first-order valence-electron chi connectivity index (χ1n) is 11.8. The van der Waals surface area contributed by atoms with Crippen LogP contribution >= 0.6 is 23.2 Å². The average Bonchev–Trinajstić information content (AvgIpc) is 2.90. The van der Waals surface area contributed by atoms with Gasteiger partial charge in [0.15, 0.2) is 0 Å². The van der Waals surface area contributed by atoms with Crippen molar-refractivity contribution in [3.05, 3.63) is 142 Å². The molecule has 5 aromatic rings. The zero-order valence-electron chi connectivity index (χ0n) is 19.7. The van der Waals surface area contributed by atoms with Crippen molar-refractivity contribution in [3.63, 3.8) is 0 Å². The molecule has 1 atom stereocenters. The topological polar surface area (TPSA) is 37.8 Å². The second-order valence-corrected chi connectivity index (χ2v) is 9.51. The van der Waals surface area contributed by atoms with E-state index in [2.05, 4.69) is 65.4 Å². The van der Waals surface area contributed by atoms with Gasteiger partial charge in [-0.2, -0.15) is 0 Å². The molecule has 0 fully saturated rings. The normalized spacial score (nSPS) is 11.9. The van der Waals surface area contributed by atoms with E-state index in [0.29, 0.717) is 16.6 Å². The van der Waals surface area contributed by atoms with Crippen LogP contribution in [0.1, 0.15) is 28.3 Å². The molecule has 2 aromatic heterocycles. The van der Waals surface area contributed by atoms with Crippen LogP contribution in [0.15, 0.2) is 110 Å². The Labute approximate surface area is 221 Å². The van der Waals surface area contributed by atoms with Gasteiger partial charge >= 0.3 is 0 Å². The Morgan fingerprint density at radius 2 is 1.67 bits per heavy atom. The third-order valence-corrected chi connectivity index (χ3v) is 6.66. The van der Waals surface area contributed by atoms with Gasteiger partial charge in [-0.05, 0) is 76.3 Å². The summed E-state index contributed by atoms with van der Waals surface area (Å²) in [4.78, 5) is 9.34. The van der Waals surface area contributed by atoms with Crippen LogP contribution in [0.3, 0.4) is 0 Å². The summed E-state index contributed by atoms with van der Waals surface area (Å²) in [6, 6.07) is 28.7. The lowest BCUT2D eigenvalue weighted by molar-refractivity contribution is 0.744. The number of nitrogens with one attached hydrogen (secondary N) is 1. The van der Waals surface area contributed by atoms with Crippen LogP contribution in [-0.4, -0.2) is 16.5 Å². The summed E-state index contributed by atoms with van der Waals surface area (Å²) < 4.78 is 0. The van der Waals surface area contributed by atoms with Crippen LogP contribution in [0.2, 0.25) is 10.0 Å². The Hall–Kier alpha value is -3.50. The lowest BCUT2D eigenvalue weighted by Gasteiger charge is -2.20. The summed E-state index contributed by atoms with van der Waals surface area (Å²) in [5, 5.41) is 5.85. The maximum atomic E-state index is 6.39. The smallest absolute Gasteiger partial charge is 0.0712 e. The predicted octanol–water partition coefficient (Wildman–Crippen LogP) is 8.06. The van der Waals surface area contributed by atoms with E-state index in [0.717, 1.165) is 51.0 Å². The molecule has 5 rings (SSSR count). The molecule has 0 amide bonds. The molecule has 36 heavy (non-hydrogen) atoms. The van der Waals surface area contributed by atoms with Gasteiger partial charge in [0.25, 0.3) is 0 Å². The van der Waals surface area contributed by atoms with Crippen molar-refractivity contribution in [2.45, 2.75) is 12.5 Å². The maximum absolute atomic E-state index is 6.39. The lowest BCUT2D eigenvalue weighted by Crippen LogP contribution is -2.14. The molecular weight excluding hydrogens is 485 g/mol. The molecule has 0 spiro atoms. The molecule has 1 N–H and O–H groups in total. The molecule has 0 aliphatic rings. The number of hydrogen-bond donors (Lipinski definition) is 1. The summed E-state index contributed by atoms with van der Waals surface area (Å²) in [5.41, 5.74) is 7.47. The first-order chi connectivity index (χ1) is 17.6. The van der Waals surface area contributed by atoms with Crippen molar-refractivity contribution in [2.24, 2.45) is 0 Å². The molecule has 5 heteroatoms. The van der Waals surface area contributed by atoms with E-state index in [4.69, 9.17) is 28.2 Å². The highest BCUT2D eigenvalue weighted by molar-refractivity contribution is 6.31. The van der Waals surface area contributed by atoms with Gasteiger partial charge < -0.3 is 5.32 Å². The first kappa shape index (κ1) is 24.2. The fourth-order valence-corrected chi connectivity index (χ4v) is 4.86. The zero-order chi connectivity index (χ0) is 24.9. The Balaban J connectivity index is 1.69. The number of nitrogens with zero attached hydrogens (tertiary/aromatic N) is 2. The molecule has 178 valence electrons. The number of benzene rings is 3. The summed E-state index contributed by atoms with van der Waals surface area (Å²) >= 11 is 12.6. The van der Waals surface area contributed by atoms with Crippen molar-refractivity contribution in [2.75, 3.05) is 6.54 Å². The minimum absolute atomic E-state index is 0.00140. The van der Waals surface area contributed by atoms with Crippen LogP contribution < -0.4 is 5.32 Å². The Bertz CT molecular complexity index is 1500. The maximum Gasteiger partial charge on any atom is 0.0712 e. The molecular formula is C31H25Cl2N3. The van der Waals surface area contributed by atoms with E-state index < -0.39 is 0 Å². The fraction of sp³-hybridized carbons (Fsp3) is 0.0968. The quantitative estimate of drug-likeness (QED) is 0.170. The summed E-state index contributed by atoms with van der Waals surface area (Å²) in [6.45, 7) is 5.16. The van der Waals surface area contributed by atoms with Gasteiger partial charge in [-0.3, -0.25) is 9.97 Å². The molecule has 3 nitrogen and oxygen atoms in total. The van der Waals surface area contributed by atoms with E-state index in [1.54, 1.807) is 6.20 Å². The monoisotopic (exact) mass is 509 g/mol. The molecule has 0 radical (unpaired) electrons. The molecule has 0 aliphatic heterocycles. The fourth-order valence-electron chi connectivity index (χ4n) is 4.54. The predicted molar refractivity (Wildman–Crippen MR) is 151 cm³/mol. The van der Waals surface area contributed by atoms with Crippen LogP contribution in [0, 0.1) is 0 Å². The van der Waals surface area contributed by atoms with Gasteiger partial charge in [0, 0.05) is 46.8 Å². The second-order valence-electron chi connectivity index (χ2n) is 8.64. The molecule has 0 aliphatic carbocycles. The van der Waals surface area contributed by atoms with Crippen molar-refractivity contribution >= 4 is 34.1 Å². The number of halogens is 2. The van der Waals surface area contributed by atoms with E-state index in [9.17, 15) is 0 Å². The van der Waals surface area contributed by atoms with Crippen LogP contribution in [-0.2, 0) is 6.54 Å². The van der Waals surface area contributed by atoms with Crippen LogP contribution in [0.5, 0.6) is 0 Å². The summed E-state index contributed by atoms with van der Waals surface area (Å²) in [6.07, 6.45) is 5.57. The van der Waals surface area contributed by atoms with Gasteiger partial charge in [-0.15, -0.1) is 6.58 Å². The van der Waals surface area contributed by atoms with E-state index in [1.807, 2.05) is 48.7 Å². The van der Waals surface area contributed by atoms with Gasteiger partial charge in [-0.1, -0.05) is 65.7 Å². The number of fused-ring (bicyclic) bond motifs is 1. The van der Waals surface area contributed by atoms with Crippen molar-refractivity contribution < 1.29 is 0 Å². The standard InChI is InChI=1S/C31H25Cl2N3/c1-2-14-34-20-27-18-28(22-5-3-7-26(33)16-22)29-17-23(10-13-30(29)36-27)31(24-6-4-15-35-19-24)21-8-11-25(32)12-9-21/h2-13,15-19,31,34H,1,14,20H2. The highest BCUT2D eigenvalue weighted by atomic mass is 35.5. The molecule has 0 saturated carbocycles. The van der Waals surface area contributed by atoms with Gasteiger partial charge in [0.05, 0.1) is 11.2 Å². The Kier molecular flexibility index (Phi) is 7.43. The molecule has 2 heterocycles. The highest BCUT2D eigenvalue weighted by Gasteiger charge is 2.19. The first-order valence-corrected chi connectivity index (χ1v) is 12.5. The van der Waals surface area contributed by atoms with Crippen molar-refractivity contribution in [1.82, 2.24) is 15.3 Å². The van der Waals surface area contributed by atoms with E-state index in [1.165, 1.54) is 0 Å². The Morgan fingerprint density at radius 3 is 2.42 bits per heavy atom. The van der Waals surface area contributed by atoms with Crippen molar-refractivity contribution in [1.29, 1.82) is 0 Å². The minimum Gasteiger partial charge on any atom is -0.308 e. The number of pyridine rings is 2. The largest absolute Gasteiger partial charge is 0.308 e. The number of hydrogen-bond acceptors (Lipinski definition) is 3. The third kappa shape index (κ3) is 5.34. The summed E-state index contributed by atoms with van der Waals surface area (Å²) in [7, 11) is 0. The SMILES string of the molecule is C=CCNCc1cc(-c2cccc(Cl)c2)c2cc(C(c3ccc(Cl)cc3)c3cccnc3)ccc2n1. The zero-order valence-corrected chi connectivity index (χ0v) is 21.2. The van der Waals surface area contributed by atoms with Crippen LogP contribution in [0.4, 0.5) is 0 Å². The number of aromatic nitrogens is 2. The van der Waals surface area contributed by atoms with Crippen molar-refractivity contribution in [3.8, 4) is 11.1 Å². The average molecular weight is 510 g/mol. The summed E-state index contributed by atoms with van der Waals surface area (Å²) in [5.74, 6) is 0.00140. The van der Waals surface area contributed by atoms with E-state index >= 15 is 0 Å². The molecule has 3 aromatic carbocycles.